The van der Waals surface area contributed by atoms with Gasteiger partial charge < -0.3 is 0 Å². The molecule has 0 radical (unpaired) electrons. The average Bonchev–Trinajstić information content (AvgIpc) is 2.29. The molecule has 0 saturated heterocycles. The molecule has 0 amide bonds. The molecule has 1 N–H and O–H groups in total. The van der Waals surface area contributed by atoms with E-state index in [2.05, 4.69) is 18.8 Å². The summed E-state index contributed by atoms with van der Waals surface area (Å²) in [6, 6.07) is 9.04. The minimum atomic E-state index is -0.421. The van der Waals surface area contributed by atoms with E-state index in [1.54, 1.807) is 0 Å². The van der Waals surface area contributed by atoms with Crippen molar-refractivity contribution < 1.29 is 0 Å². The standard InChI is InChI=1S/C13H14N2O2/c1-9(2)10-3-5-11(6-4-10)15-8-7-12(16)14-13(15)17/h3-9H,1-2H3,(H,14,16,17). The van der Waals surface area contributed by atoms with E-state index in [0.717, 1.165) is 5.69 Å². The lowest BCUT2D eigenvalue weighted by atomic mass is 10.0. The highest BCUT2D eigenvalue weighted by molar-refractivity contribution is 5.35. The van der Waals surface area contributed by atoms with Gasteiger partial charge in [-0.05, 0) is 23.6 Å². The predicted octanol–water partition coefficient (Wildman–Crippen LogP) is 1.65. The molecule has 88 valence electrons. The summed E-state index contributed by atoms with van der Waals surface area (Å²) in [5, 5.41) is 0. The van der Waals surface area contributed by atoms with Gasteiger partial charge in [-0.15, -0.1) is 0 Å². The van der Waals surface area contributed by atoms with E-state index in [-0.39, 0.29) is 5.56 Å². The van der Waals surface area contributed by atoms with Crippen molar-refractivity contribution in [2.75, 3.05) is 0 Å². The smallest absolute Gasteiger partial charge is 0.274 e. The fraction of sp³-hybridized carbons (Fsp3) is 0.231. The molecule has 0 saturated carbocycles. The van der Waals surface area contributed by atoms with Gasteiger partial charge in [-0.2, -0.15) is 0 Å². The van der Waals surface area contributed by atoms with Crippen molar-refractivity contribution in [1.29, 1.82) is 0 Å². The highest BCUT2D eigenvalue weighted by Gasteiger charge is 2.02. The first kappa shape index (κ1) is 11.4. The number of aromatic amines is 1. The van der Waals surface area contributed by atoms with E-state index in [1.165, 1.54) is 22.4 Å². The van der Waals surface area contributed by atoms with Gasteiger partial charge in [-0.25, -0.2) is 4.79 Å². The largest absolute Gasteiger partial charge is 0.332 e. The predicted molar refractivity (Wildman–Crippen MR) is 66.7 cm³/mol. The Labute approximate surface area is 98.6 Å². The molecule has 4 nitrogen and oxygen atoms in total. The van der Waals surface area contributed by atoms with Crippen LogP contribution in [-0.4, -0.2) is 9.55 Å². The molecule has 1 aromatic heterocycles. The van der Waals surface area contributed by atoms with Crippen LogP contribution in [0.2, 0.25) is 0 Å². The Bertz CT molecular complexity index is 621. The van der Waals surface area contributed by atoms with Crippen LogP contribution in [0, 0.1) is 0 Å². The molecule has 0 aliphatic rings. The molecule has 2 aromatic rings. The zero-order valence-corrected chi connectivity index (χ0v) is 9.81. The summed E-state index contributed by atoms with van der Waals surface area (Å²) in [5.41, 5.74) is 1.15. The van der Waals surface area contributed by atoms with Crippen molar-refractivity contribution in [3.05, 3.63) is 62.9 Å². The van der Waals surface area contributed by atoms with E-state index in [0.29, 0.717) is 5.92 Å². The van der Waals surface area contributed by atoms with Crippen LogP contribution in [0.1, 0.15) is 25.3 Å². The Balaban J connectivity index is 2.47. The van der Waals surface area contributed by atoms with Gasteiger partial charge in [0, 0.05) is 12.3 Å². The number of nitrogens with zero attached hydrogens (tertiary/aromatic N) is 1. The van der Waals surface area contributed by atoms with Crippen LogP contribution in [0.25, 0.3) is 5.69 Å². The normalized spacial score (nSPS) is 10.8. The van der Waals surface area contributed by atoms with E-state index < -0.39 is 5.69 Å². The summed E-state index contributed by atoms with van der Waals surface area (Å²) in [7, 11) is 0. The van der Waals surface area contributed by atoms with E-state index in [1.807, 2.05) is 24.3 Å². The molecule has 0 aliphatic heterocycles. The fourth-order valence-electron chi connectivity index (χ4n) is 1.64. The Morgan fingerprint density at radius 3 is 2.24 bits per heavy atom. The number of benzene rings is 1. The van der Waals surface area contributed by atoms with Gasteiger partial charge in [-0.1, -0.05) is 26.0 Å². The molecule has 4 heteroatoms. The zero-order valence-electron chi connectivity index (χ0n) is 9.81. The van der Waals surface area contributed by atoms with Crippen LogP contribution in [0.4, 0.5) is 0 Å². The lowest BCUT2D eigenvalue weighted by molar-refractivity contribution is 0.859. The number of nitrogens with one attached hydrogen (secondary N) is 1. The molecule has 0 spiro atoms. The van der Waals surface area contributed by atoms with Gasteiger partial charge in [0.2, 0.25) is 0 Å². The maximum atomic E-state index is 11.6. The van der Waals surface area contributed by atoms with Gasteiger partial charge in [0.1, 0.15) is 0 Å². The first-order valence-electron chi connectivity index (χ1n) is 5.50. The molecular weight excluding hydrogens is 216 g/mol. The van der Waals surface area contributed by atoms with Crippen LogP contribution in [-0.2, 0) is 0 Å². The maximum Gasteiger partial charge on any atom is 0.332 e. The Kier molecular flexibility index (Phi) is 2.95. The molecule has 0 atom stereocenters. The van der Waals surface area contributed by atoms with Crippen molar-refractivity contribution >= 4 is 0 Å². The minimum Gasteiger partial charge on any atom is -0.274 e. The van der Waals surface area contributed by atoms with Crippen LogP contribution in [0.5, 0.6) is 0 Å². The van der Waals surface area contributed by atoms with E-state index in [9.17, 15) is 9.59 Å². The first-order valence-corrected chi connectivity index (χ1v) is 5.50. The lowest BCUT2D eigenvalue weighted by Crippen LogP contribution is -2.27. The summed E-state index contributed by atoms with van der Waals surface area (Å²) in [6.07, 6.45) is 1.48. The number of aromatic nitrogens is 2. The number of hydrogen-bond acceptors (Lipinski definition) is 2. The quantitative estimate of drug-likeness (QED) is 0.852. The van der Waals surface area contributed by atoms with Gasteiger partial charge >= 0.3 is 5.69 Å². The summed E-state index contributed by atoms with van der Waals surface area (Å²) in [6.45, 7) is 4.22. The first-order chi connectivity index (χ1) is 8.08. The van der Waals surface area contributed by atoms with Crippen LogP contribution < -0.4 is 11.2 Å². The molecule has 1 heterocycles. The molecule has 2 rings (SSSR count). The number of hydrogen-bond donors (Lipinski definition) is 1. The van der Waals surface area contributed by atoms with Crippen molar-refractivity contribution in [1.82, 2.24) is 9.55 Å². The summed E-state index contributed by atoms with van der Waals surface area (Å²) in [4.78, 5) is 24.7. The second-order valence-corrected chi connectivity index (χ2v) is 4.23. The third-order valence-corrected chi connectivity index (χ3v) is 2.66. The van der Waals surface area contributed by atoms with Gasteiger partial charge in [0.15, 0.2) is 0 Å². The second-order valence-electron chi connectivity index (χ2n) is 4.23. The Morgan fingerprint density at radius 1 is 1.06 bits per heavy atom. The zero-order chi connectivity index (χ0) is 12.4. The van der Waals surface area contributed by atoms with Gasteiger partial charge in [-0.3, -0.25) is 14.3 Å². The van der Waals surface area contributed by atoms with Gasteiger partial charge in [0.25, 0.3) is 5.56 Å². The second kappa shape index (κ2) is 4.41. The van der Waals surface area contributed by atoms with Crippen molar-refractivity contribution in [2.24, 2.45) is 0 Å². The molecule has 0 unspecified atom stereocenters. The summed E-state index contributed by atoms with van der Waals surface area (Å²) < 4.78 is 1.41. The van der Waals surface area contributed by atoms with Gasteiger partial charge in [0.05, 0.1) is 5.69 Å². The Hall–Kier alpha value is -2.10. The van der Waals surface area contributed by atoms with E-state index in [4.69, 9.17) is 0 Å². The lowest BCUT2D eigenvalue weighted by Gasteiger charge is -2.08. The van der Waals surface area contributed by atoms with E-state index >= 15 is 0 Å². The summed E-state index contributed by atoms with van der Waals surface area (Å²) in [5.74, 6) is 0.455. The SMILES string of the molecule is CC(C)c1ccc(-n2ccc(=O)[nH]c2=O)cc1. The number of H-pyrrole nitrogens is 1. The molecular formula is C13H14N2O2. The van der Waals surface area contributed by atoms with Crippen molar-refractivity contribution in [2.45, 2.75) is 19.8 Å². The van der Waals surface area contributed by atoms with Crippen LogP contribution in [0.3, 0.4) is 0 Å². The van der Waals surface area contributed by atoms with Crippen molar-refractivity contribution in [3.8, 4) is 5.69 Å². The molecule has 17 heavy (non-hydrogen) atoms. The maximum absolute atomic E-state index is 11.6. The highest BCUT2D eigenvalue weighted by atomic mass is 16.2. The molecule has 0 aliphatic carbocycles. The van der Waals surface area contributed by atoms with Crippen LogP contribution >= 0.6 is 0 Å². The molecule has 0 bridgehead atoms. The topological polar surface area (TPSA) is 54.9 Å². The minimum absolute atomic E-state index is 0.384. The third-order valence-electron chi connectivity index (χ3n) is 2.66. The average molecular weight is 230 g/mol. The Morgan fingerprint density at radius 2 is 1.71 bits per heavy atom. The third kappa shape index (κ3) is 2.36. The highest BCUT2D eigenvalue weighted by Crippen LogP contribution is 2.15. The van der Waals surface area contributed by atoms with Crippen molar-refractivity contribution in [3.63, 3.8) is 0 Å². The van der Waals surface area contributed by atoms with Crippen LogP contribution in [0.15, 0.2) is 46.1 Å². The fourth-order valence-corrected chi connectivity index (χ4v) is 1.64. The molecule has 1 aromatic carbocycles. The number of rotatable bonds is 2. The summed E-state index contributed by atoms with van der Waals surface area (Å²) >= 11 is 0. The monoisotopic (exact) mass is 230 g/mol. The molecule has 0 fully saturated rings.